The molecule has 6 nitrogen and oxygen atoms in total. The number of aliphatic hydroxyl groups is 1. The molecule has 1 N–H and O–H groups in total. The van der Waals surface area contributed by atoms with Crippen molar-refractivity contribution in [3.8, 4) is 0 Å². The van der Waals surface area contributed by atoms with Gasteiger partial charge in [-0.05, 0) is 20.8 Å². The van der Waals surface area contributed by atoms with Gasteiger partial charge in [-0.3, -0.25) is 4.79 Å². The zero-order chi connectivity index (χ0) is 18.7. The van der Waals surface area contributed by atoms with Crippen molar-refractivity contribution in [3.63, 3.8) is 0 Å². The molecule has 0 aromatic heterocycles. The first-order valence-corrected chi connectivity index (χ1v) is 8.85. The van der Waals surface area contributed by atoms with Crippen LogP contribution in [-0.2, 0) is 23.7 Å². The monoisotopic (exact) mass is 362 g/mol. The average Bonchev–Trinajstić information content (AvgIpc) is 2.78. The number of rotatable bonds is 3. The van der Waals surface area contributed by atoms with E-state index in [4.69, 9.17) is 18.9 Å². The van der Waals surface area contributed by atoms with Crippen LogP contribution in [-0.4, -0.2) is 48.7 Å². The Morgan fingerprint density at radius 1 is 1.19 bits per heavy atom. The molecule has 1 aromatic rings. The summed E-state index contributed by atoms with van der Waals surface area (Å²) in [7, 11) is 0. The molecule has 2 aliphatic rings. The van der Waals surface area contributed by atoms with Crippen molar-refractivity contribution < 1.29 is 28.8 Å². The normalized spacial score (nSPS) is 31.8. The summed E-state index contributed by atoms with van der Waals surface area (Å²) >= 11 is 0. The summed E-state index contributed by atoms with van der Waals surface area (Å²) in [5, 5.41) is 10.3. The third-order valence-electron chi connectivity index (χ3n) is 4.35. The Morgan fingerprint density at radius 3 is 2.62 bits per heavy atom. The van der Waals surface area contributed by atoms with E-state index in [0.29, 0.717) is 6.61 Å². The first-order valence-electron chi connectivity index (χ1n) is 8.85. The number of hydrogen-bond acceptors (Lipinski definition) is 6. The van der Waals surface area contributed by atoms with E-state index in [9.17, 15) is 9.90 Å². The number of carbonyl (C=O) groups excluding carboxylic acids is 1. The summed E-state index contributed by atoms with van der Waals surface area (Å²) in [6, 6.07) is 9.67. The van der Waals surface area contributed by atoms with Crippen LogP contribution in [0.4, 0.5) is 0 Å². The zero-order valence-electron chi connectivity index (χ0n) is 15.3. The van der Waals surface area contributed by atoms with Crippen molar-refractivity contribution >= 4 is 5.97 Å². The highest BCUT2D eigenvalue weighted by atomic mass is 16.7. The highest BCUT2D eigenvalue weighted by Crippen LogP contribution is 2.30. The van der Waals surface area contributed by atoms with Gasteiger partial charge >= 0.3 is 5.97 Å². The molecule has 2 aliphatic heterocycles. The minimum atomic E-state index is -0.882. The Kier molecular flexibility index (Phi) is 5.77. The predicted molar refractivity (Wildman–Crippen MR) is 94.2 cm³/mol. The number of hydrogen-bond donors (Lipinski definition) is 1. The van der Waals surface area contributed by atoms with E-state index in [1.165, 1.54) is 0 Å². The molecule has 3 rings (SSSR count). The summed E-state index contributed by atoms with van der Waals surface area (Å²) in [6.45, 7) is 5.64. The van der Waals surface area contributed by atoms with Crippen molar-refractivity contribution in [3.05, 3.63) is 48.0 Å². The number of esters is 1. The zero-order valence-corrected chi connectivity index (χ0v) is 15.3. The molecule has 0 unspecified atom stereocenters. The van der Waals surface area contributed by atoms with Crippen molar-refractivity contribution in [2.24, 2.45) is 5.41 Å². The molecular formula is C20H26O6. The predicted octanol–water partition coefficient (Wildman–Crippen LogP) is 2.37. The number of aliphatic hydroxyl groups excluding tert-OH is 1. The average molecular weight is 362 g/mol. The quantitative estimate of drug-likeness (QED) is 0.657. The topological polar surface area (TPSA) is 74.2 Å². The van der Waals surface area contributed by atoms with E-state index >= 15 is 0 Å². The molecule has 0 bridgehead atoms. The van der Waals surface area contributed by atoms with Gasteiger partial charge in [-0.15, -0.1) is 0 Å². The van der Waals surface area contributed by atoms with Crippen molar-refractivity contribution in [1.82, 2.24) is 0 Å². The van der Waals surface area contributed by atoms with E-state index in [1.807, 2.05) is 30.3 Å². The van der Waals surface area contributed by atoms with Gasteiger partial charge < -0.3 is 24.1 Å². The summed E-state index contributed by atoms with van der Waals surface area (Å²) in [6.07, 6.45) is 0.694. The SMILES string of the molecule is CC(C)(C)C(=O)OC[C@@H]1O[C@@H]2CO[C@@H](c3ccccc3)O[C@H]2C=C[C@H]1O. The van der Waals surface area contributed by atoms with Crippen LogP contribution in [0.1, 0.15) is 32.6 Å². The molecule has 1 fully saturated rings. The lowest BCUT2D eigenvalue weighted by atomic mass is 9.97. The van der Waals surface area contributed by atoms with Crippen molar-refractivity contribution in [1.29, 1.82) is 0 Å². The second kappa shape index (κ2) is 7.88. The van der Waals surface area contributed by atoms with Crippen LogP contribution < -0.4 is 0 Å². The molecule has 142 valence electrons. The van der Waals surface area contributed by atoms with E-state index in [2.05, 4.69) is 0 Å². The van der Waals surface area contributed by atoms with Crippen molar-refractivity contribution in [2.75, 3.05) is 13.2 Å². The molecule has 6 heteroatoms. The van der Waals surface area contributed by atoms with Gasteiger partial charge in [-0.2, -0.15) is 0 Å². The summed E-state index contributed by atoms with van der Waals surface area (Å²) in [4.78, 5) is 12.0. The fourth-order valence-electron chi connectivity index (χ4n) is 2.78. The van der Waals surface area contributed by atoms with Crippen LogP contribution in [0.5, 0.6) is 0 Å². The molecule has 0 radical (unpaired) electrons. The smallest absolute Gasteiger partial charge is 0.311 e. The van der Waals surface area contributed by atoms with Crippen LogP contribution in [0.15, 0.2) is 42.5 Å². The van der Waals surface area contributed by atoms with E-state index in [0.717, 1.165) is 5.56 Å². The van der Waals surface area contributed by atoms with E-state index in [1.54, 1.807) is 32.9 Å². The summed E-state index contributed by atoms with van der Waals surface area (Å²) in [5.41, 5.74) is 0.327. The number of fused-ring (bicyclic) bond motifs is 1. The van der Waals surface area contributed by atoms with Gasteiger partial charge in [0.2, 0.25) is 0 Å². The maximum absolute atomic E-state index is 12.0. The second-order valence-corrected chi connectivity index (χ2v) is 7.61. The maximum atomic E-state index is 12.0. The van der Waals surface area contributed by atoms with Gasteiger partial charge in [0.25, 0.3) is 0 Å². The first-order chi connectivity index (χ1) is 12.3. The Labute approximate surface area is 153 Å². The summed E-state index contributed by atoms with van der Waals surface area (Å²) in [5.74, 6) is -0.335. The van der Waals surface area contributed by atoms with Crippen LogP contribution in [0.2, 0.25) is 0 Å². The number of benzene rings is 1. The van der Waals surface area contributed by atoms with Crippen molar-refractivity contribution in [2.45, 2.75) is 51.5 Å². The third-order valence-corrected chi connectivity index (χ3v) is 4.35. The molecule has 5 atom stereocenters. The highest BCUT2D eigenvalue weighted by molar-refractivity contribution is 5.75. The maximum Gasteiger partial charge on any atom is 0.311 e. The molecule has 1 aromatic carbocycles. The fraction of sp³-hybridized carbons (Fsp3) is 0.550. The molecular weight excluding hydrogens is 336 g/mol. The Bertz CT molecular complexity index is 635. The molecule has 1 saturated heterocycles. The van der Waals surface area contributed by atoms with Crippen LogP contribution in [0, 0.1) is 5.41 Å². The minimum absolute atomic E-state index is 0.0209. The van der Waals surface area contributed by atoms with Gasteiger partial charge in [0.1, 0.15) is 31.0 Å². The van der Waals surface area contributed by atoms with Gasteiger partial charge in [-0.25, -0.2) is 0 Å². The third kappa shape index (κ3) is 4.51. The minimum Gasteiger partial charge on any atom is -0.462 e. The molecule has 0 spiro atoms. The van der Waals surface area contributed by atoms with E-state index in [-0.39, 0.29) is 24.8 Å². The second-order valence-electron chi connectivity index (χ2n) is 7.61. The standard InChI is InChI=1S/C20H26O6/c1-20(2,3)19(22)24-11-16-14(21)9-10-15-17(25-16)12-23-18(26-15)13-7-5-4-6-8-13/h4-10,14-18,21H,11-12H2,1-3H3/t14-,15+,16+,17-,18-/m1/s1. The molecule has 0 aliphatic carbocycles. The highest BCUT2D eigenvalue weighted by Gasteiger charge is 2.38. The molecule has 26 heavy (non-hydrogen) atoms. The Balaban J connectivity index is 1.62. The van der Waals surface area contributed by atoms with Crippen LogP contribution >= 0.6 is 0 Å². The van der Waals surface area contributed by atoms with Gasteiger partial charge in [-0.1, -0.05) is 42.5 Å². The van der Waals surface area contributed by atoms with Gasteiger partial charge in [0.15, 0.2) is 6.29 Å². The molecule has 0 saturated carbocycles. The number of ether oxygens (including phenoxy) is 4. The Hall–Kier alpha value is -1.73. The lowest BCUT2D eigenvalue weighted by molar-refractivity contribution is -0.264. The van der Waals surface area contributed by atoms with Gasteiger partial charge in [0.05, 0.1) is 12.0 Å². The molecule has 2 heterocycles. The summed E-state index contributed by atoms with van der Waals surface area (Å²) < 4.78 is 23.0. The lowest BCUT2D eigenvalue weighted by Crippen LogP contribution is -2.44. The van der Waals surface area contributed by atoms with Crippen LogP contribution in [0.3, 0.4) is 0 Å². The fourth-order valence-corrected chi connectivity index (χ4v) is 2.78. The Morgan fingerprint density at radius 2 is 1.92 bits per heavy atom. The molecule has 0 amide bonds. The lowest BCUT2D eigenvalue weighted by Gasteiger charge is -2.36. The van der Waals surface area contributed by atoms with E-state index < -0.39 is 23.9 Å². The first kappa shape index (κ1) is 19.0. The number of carbonyl (C=O) groups is 1. The van der Waals surface area contributed by atoms with Crippen LogP contribution in [0.25, 0.3) is 0 Å². The van der Waals surface area contributed by atoms with Gasteiger partial charge in [0, 0.05) is 5.56 Å². The largest absolute Gasteiger partial charge is 0.462 e.